The number of guanidine groups is 1. The number of carbonyl (C=O) groups excluding carboxylic acids is 1. The predicted molar refractivity (Wildman–Crippen MR) is 133 cm³/mol. The zero-order valence-electron chi connectivity index (χ0n) is 17.3. The van der Waals surface area contributed by atoms with E-state index in [4.69, 9.17) is 4.52 Å². The van der Waals surface area contributed by atoms with Crippen LogP contribution >= 0.6 is 24.0 Å². The third kappa shape index (κ3) is 5.84. The largest absolute Gasteiger partial charge is 0.357 e. The van der Waals surface area contributed by atoms with Crippen LogP contribution in [0.5, 0.6) is 0 Å². The Bertz CT molecular complexity index is 1040. The molecule has 3 aromatic rings. The zero-order chi connectivity index (χ0) is 20.8. The highest BCUT2D eigenvalue weighted by molar-refractivity contribution is 14.0. The molecule has 1 atom stereocenters. The Morgan fingerprint density at radius 3 is 2.74 bits per heavy atom. The fraction of sp³-hybridized carbons (Fsp3) is 0.261. The van der Waals surface area contributed by atoms with Crippen molar-refractivity contribution in [2.75, 3.05) is 18.4 Å². The third-order valence-electron chi connectivity index (χ3n) is 4.98. The molecule has 3 N–H and O–H groups in total. The van der Waals surface area contributed by atoms with Crippen LogP contribution in [-0.2, 0) is 11.3 Å². The van der Waals surface area contributed by atoms with E-state index in [2.05, 4.69) is 32.2 Å². The molecular weight excluding hydrogens is 505 g/mol. The molecule has 2 heterocycles. The molecule has 0 spiro atoms. The van der Waals surface area contributed by atoms with Crippen LogP contribution < -0.4 is 16.0 Å². The molecule has 162 valence electrons. The number of hydrogen-bond donors (Lipinski definition) is 3. The van der Waals surface area contributed by atoms with Gasteiger partial charge >= 0.3 is 0 Å². The first-order chi connectivity index (χ1) is 14.7. The number of aromatic nitrogens is 1. The number of anilines is 1. The van der Waals surface area contributed by atoms with Crippen molar-refractivity contribution in [2.24, 2.45) is 4.99 Å². The van der Waals surface area contributed by atoms with E-state index in [1.54, 1.807) is 0 Å². The summed E-state index contributed by atoms with van der Waals surface area (Å²) in [5, 5.41) is 13.7. The number of rotatable bonds is 6. The topological polar surface area (TPSA) is 91.6 Å². The van der Waals surface area contributed by atoms with Crippen molar-refractivity contribution in [3.8, 4) is 11.3 Å². The molecule has 1 aliphatic rings. The summed E-state index contributed by atoms with van der Waals surface area (Å²) in [5.41, 5.74) is 3.77. The van der Waals surface area contributed by atoms with Gasteiger partial charge in [0.15, 0.2) is 11.7 Å². The van der Waals surface area contributed by atoms with Gasteiger partial charge < -0.3 is 20.5 Å². The molecule has 0 saturated heterocycles. The molecule has 31 heavy (non-hydrogen) atoms. The van der Waals surface area contributed by atoms with Gasteiger partial charge in [-0.2, -0.15) is 0 Å². The lowest BCUT2D eigenvalue weighted by Crippen LogP contribution is -2.40. The number of nitrogens with zero attached hydrogens (tertiary/aromatic N) is 2. The smallest absolute Gasteiger partial charge is 0.225 e. The number of fused-ring (bicyclic) bond motifs is 1. The minimum atomic E-state index is 0. The summed E-state index contributed by atoms with van der Waals surface area (Å²) in [6.45, 7) is 3.77. The summed E-state index contributed by atoms with van der Waals surface area (Å²) in [6.07, 6.45) is 0.452. The van der Waals surface area contributed by atoms with Crippen molar-refractivity contribution in [1.82, 2.24) is 15.8 Å². The maximum atomic E-state index is 12.0. The maximum absolute atomic E-state index is 12.0. The lowest BCUT2D eigenvalue weighted by molar-refractivity contribution is -0.116. The Morgan fingerprint density at radius 2 is 1.94 bits per heavy atom. The van der Waals surface area contributed by atoms with Gasteiger partial charge in [0.1, 0.15) is 5.69 Å². The van der Waals surface area contributed by atoms with Gasteiger partial charge in [0.05, 0.1) is 6.54 Å². The SMILES string of the molecule is CCNC(=NCc1cc(-c2ccccc2)on1)NCC1CC(=O)Nc2ccccc21.I. The van der Waals surface area contributed by atoms with Gasteiger partial charge in [-0.1, -0.05) is 53.7 Å². The molecule has 0 fully saturated rings. The summed E-state index contributed by atoms with van der Waals surface area (Å²) < 4.78 is 5.44. The number of halogens is 1. The molecule has 0 aliphatic carbocycles. The molecule has 1 aliphatic heterocycles. The normalized spacial score (nSPS) is 15.5. The number of para-hydroxylation sites is 1. The average Bonchev–Trinajstić information content (AvgIpc) is 3.25. The quantitative estimate of drug-likeness (QED) is 0.253. The molecule has 0 radical (unpaired) electrons. The summed E-state index contributed by atoms with van der Waals surface area (Å²) in [7, 11) is 0. The number of nitrogens with one attached hydrogen (secondary N) is 3. The summed E-state index contributed by atoms with van der Waals surface area (Å²) in [4.78, 5) is 16.7. The molecule has 4 rings (SSSR count). The van der Waals surface area contributed by atoms with E-state index in [0.717, 1.165) is 34.8 Å². The van der Waals surface area contributed by atoms with Gasteiger partial charge in [0.2, 0.25) is 5.91 Å². The first-order valence-corrected chi connectivity index (χ1v) is 10.1. The van der Waals surface area contributed by atoms with E-state index in [0.29, 0.717) is 25.5 Å². The molecule has 0 saturated carbocycles. The molecular formula is C23H26IN5O2. The van der Waals surface area contributed by atoms with Crippen LogP contribution in [0.2, 0.25) is 0 Å². The van der Waals surface area contributed by atoms with Crippen LogP contribution in [0.15, 0.2) is 70.2 Å². The molecule has 8 heteroatoms. The van der Waals surface area contributed by atoms with Gasteiger partial charge in [-0.05, 0) is 18.6 Å². The van der Waals surface area contributed by atoms with Gasteiger partial charge in [-0.3, -0.25) is 4.79 Å². The van der Waals surface area contributed by atoms with E-state index in [9.17, 15) is 4.79 Å². The molecule has 2 aromatic carbocycles. The maximum Gasteiger partial charge on any atom is 0.225 e. The predicted octanol–water partition coefficient (Wildman–Crippen LogP) is 4.14. The number of benzene rings is 2. The first kappa shape index (κ1) is 22.8. The number of aliphatic imine (C=N–C) groups is 1. The van der Waals surface area contributed by atoms with Gasteiger partial charge in [-0.25, -0.2) is 4.99 Å². The van der Waals surface area contributed by atoms with Crippen molar-refractivity contribution < 1.29 is 9.32 Å². The molecule has 1 unspecified atom stereocenters. The lowest BCUT2D eigenvalue weighted by atomic mass is 9.90. The summed E-state index contributed by atoms with van der Waals surface area (Å²) in [6, 6.07) is 19.7. The highest BCUT2D eigenvalue weighted by Gasteiger charge is 2.24. The lowest BCUT2D eigenvalue weighted by Gasteiger charge is -2.26. The Labute approximate surface area is 198 Å². The monoisotopic (exact) mass is 531 g/mol. The highest BCUT2D eigenvalue weighted by atomic mass is 127. The van der Waals surface area contributed by atoms with Crippen molar-refractivity contribution in [2.45, 2.75) is 25.8 Å². The van der Waals surface area contributed by atoms with Crippen LogP contribution in [0.25, 0.3) is 11.3 Å². The molecule has 7 nitrogen and oxygen atoms in total. The Hall–Kier alpha value is -2.88. The minimum Gasteiger partial charge on any atom is -0.357 e. The Morgan fingerprint density at radius 1 is 1.16 bits per heavy atom. The molecule has 0 bridgehead atoms. The van der Waals surface area contributed by atoms with Gasteiger partial charge in [-0.15, -0.1) is 24.0 Å². The van der Waals surface area contributed by atoms with Crippen molar-refractivity contribution in [1.29, 1.82) is 0 Å². The fourth-order valence-electron chi connectivity index (χ4n) is 3.53. The van der Waals surface area contributed by atoms with Crippen molar-refractivity contribution >= 4 is 41.5 Å². The Kier molecular flexibility index (Phi) is 8.05. The van der Waals surface area contributed by atoms with E-state index < -0.39 is 0 Å². The second-order valence-corrected chi connectivity index (χ2v) is 7.16. The Balaban J connectivity index is 0.00000272. The minimum absolute atomic E-state index is 0. The third-order valence-corrected chi connectivity index (χ3v) is 4.98. The standard InChI is InChI=1S/C23H25N5O2.HI/c1-2-24-23(25-14-17-12-22(29)27-20-11-7-6-10-19(17)20)26-15-18-13-21(30-28-18)16-8-4-3-5-9-16;/h3-11,13,17H,2,12,14-15H2,1H3,(H,27,29)(H2,24,25,26);1H. The van der Waals surface area contributed by atoms with E-state index >= 15 is 0 Å². The van der Waals surface area contributed by atoms with Crippen LogP contribution in [0, 0.1) is 0 Å². The van der Waals surface area contributed by atoms with Crippen LogP contribution in [0.3, 0.4) is 0 Å². The van der Waals surface area contributed by atoms with Crippen molar-refractivity contribution in [3.63, 3.8) is 0 Å². The van der Waals surface area contributed by atoms with E-state index in [1.165, 1.54) is 0 Å². The second-order valence-electron chi connectivity index (χ2n) is 7.16. The van der Waals surface area contributed by atoms with Gasteiger partial charge in [0.25, 0.3) is 0 Å². The number of hydrogen-bond acceptors (Lipinski definition) is 4. The first-order valence-electron chi connectivity index (χ1n) is 10.1. The van der Waals surface area contributed by atoms with E-state index in [1.807, 2.05) is 61.5 Å². The number of amides is 1. The van der Waals surface area contributed by atoms with Crippen LogP contribution in [0.4, 0.5) is 5.69 Å². The average molecular weight is 531 g/mol. The highest BCUT2D eigenvalue weighted by Crippen LogP contribution is 2.31. The van der Waals surface area contributed by atoms with E-state index in [-0.39, 0.29) is 35.8 Å². The summed E-state index contributed by atoms with van der Waals surface area (Å²) >= 11 is 0. The van der Waals surface area contributed by atoms with Crippen molar-refractivity contribution in [3.05, 3.63) is 71.9 Å². The summed E-state index contributed by atoms with van der Waals surface area (Å²) in [5.74, 6) is 1.54. The van der Waals surface area contributed by atoms with Crippen LogP contribution in [0.1, 0.15) is 30.5 Å². The molecule has 1 aromatic heterocycles. The second kappa shape index (κ2) is 10.9. The van der Waals surface area contributed by atoms with Gasteiger partial charge in [0, 0.05) is 42.7 Å². The van der Waals surface area contributed by atoms with Crippen LogP contribution in [-0.4, -0.2) is 30.1 Å². The number of carbonyl (C=O) groups is 1. The fourth-order valence-corrected chi connectivity index (χ4v) is 3.53. The zero-order valence-corrected chi connectivity index (χ0v) is 19.6. The molecule has 1 amide bonds.